The van der Waals surface area contributed by atoms with E-state index in [1.807, 2.05) is 11.8 Å². The van der Waals surface area contributed by atoms with Crippen molar-refractivity contribution in [1.29, 1.82) is 0 Å². The maximum atomic E-state index is 12.2. The molecule has 1 aliphatic carbocycles. The Morgan fingerprint density at radius 3 is 2.55 bits per heavy atom. The van der Waals surface area contributed by atoms with E-state index in [-0.39, 0.29) is 11.9 Å². The Balaban J connectivity index is 1.73. The molecule has 2 aliphatic rings. The second kappa shape index (κ2) is 7.78. The number of nitrogens with one attached hydrogen (secondary N) is 2. The number of carbonyl (C=O) groups excluding carboxylic acids is 1. The number of thiocarbonyl (C=S) groups is 1. The lowest BCUT2D eigenvalue weighted by Crippen LogP contribution is -2.53. The second-order valence-corrected chi connectivity index (χ2v) is 6.02. The first-order valence-corrected chi connectivity index (χ1v) is 8.01. The van der Waals surface area contributed by atoms with E-state index >= 15 is 0 Å². The van der Waals surface area contributed by atoms with Crippen molar-refractivity contribution in [2.45, 2.75) is 51.1 Å². The maximum Gasteiger partial charge on any atom is 0.244 e. The van der Waals surface area contributed by atoms with Crippen molar-refractivity contribution >= 4 is 23.2 Å². The summed E-state index contributed by atoms with van der Waals surface area (Å²) in [6, 6.07) is 0.186. The van der Waals surface area contributed by atoms with Crippen LogP contribution < -0.4 is 10.6 Å². The van der Waals surface area contributed by atoms with Crippen LogP contribution in [0.4, 0.5) is 0 Å². The van der Waals surface area contributed by atoms with Gasteiger partial charge in [-0.25, -0.2) is 0 Å². The molecular weight excluding hydrogens is 274 g/mol. The lowest BCUT2D eigenvalue weighted by molar-refractivity contribution is -0.136. The molecule has 0 aromatic heterocycles. The smallest absolute Gasteiger partial charge is 0.244 e. The third-order valence-corrected chi connectivity index (χ3v) is 4.22. The Kier molecular flexibility index (Phi) is 6.04. The zero-order valence-corrected chi connectivity index (χ0v) is 13.0. The number of carbonyl (C=O) groups is 1. The van der Waals surface area contributed by atoms with E-state index in [2.05, 4.69) is 10.6 Å². The number of hydrogen-bond donors (Lipinski definition) is 2. The van der Waals surface area contributed by atoms with Crippen LogP contribution in [-0.2, 0) is 9.53 Å². The van der Waals surface area contributed by atoms with E-state index < -0.39 is 0 Å². The summed E-state index contributed by atoms with van der Waals surface area (Å²) in [7, 11) is 0. The second-order valence-electron chi connectivity index (χ2n) is 5.61. The molecule has 0 radical (unpaired) electrons. The van der Waals surface area contributed by atoms with Gasteiger partial charge < -0.3 is 20.3 Å². The summed E-state index contributed by atoms with van der Waals surface area (Å²) in [4.78, 5) is 14.1. The number of nitrogens with zero attached hydrogens (tertiary/aromatic N) is 1. The fourth-order valence-corrected chi connectivity index (χ4v) is 3.13. The summed E-state index contributed by atoms with van der Waals surface area (Å²) in [5.74, 6) is 0.0982. The summed E-state index contributed by atoms with van der Waals surface area (Å²) < 4.78 is 5.26. The molecule has 5 nitrogen and oxygen atoms in total. The van der Waals surface area contributed by atoms with E-state index in [4.69, 9.17) is 17.0 Å². The highest BCUT2D eigenvalue weighted by Crippen LogP contribution is 2.17. The van der Waals surface area contributed by atoms with Crippen molar-refractivity contribution in [3.05, 3.63) is 0 Å². The molecule has 1 aliphatic heterocycles. The molecule has 1 unspecified atom stereocenters. The highest BCUT2D eigenvalue weighted by Gasteiger charge is 2.23. The van der Waals surface area contributed by atoms with Gasteiger partial charge in [0, 0.05) is 19.1 Å². The molecule has 1 saturated heterocycles. The van der Waals surface area contributed by atoms with Crippen molar-refractivity contribution in [1.82, 2.24) is 15.5 Å². The predicted octanol–water partition coefficient (Wildman–Crippen LogP) is 1.03. The highest BCUT2D eigenvalue weighted by atomic mass is 32.1. The average molecular weight is 299 g/mol. The summed E-state index contributed by atoms with van der Waals surface area (Å²) in [6.45, 7) is 4.47. The molecule has 1 heterocycles. The molecule has 1 amide bonds. The Hall–Kier alpha value is -0.880. The molecule has 114 valence electrons. The fourth-order valence-electron chi connectivity index (χ4n) is 2.79. The lowest BCUT2D eigenvalue weighted by atomic mass is 9.96. The van der Waals surface area contributed by atoms with Gasteiger partial charge in [-0.2, -0.15) is 0 Å². The standard InChI is InChI=1S/C14H25N3O2S/c1-11(13(18)17-7-9-19-10-8-17)15-14(20)16-12-5-3-2-4-6-12/h11-12H,2-10H2,1H3,(H2,15,16,20). The van der Waals surface area contributed by atoms with Gasteiger partial charge in [-0.15, -0.1) is 0 Å². The third kappa shape index (κ3) is 4.59. The molecule has 1 atom stereocenters. The SMILES string of the molecule is CC(NC(=S)NC1CCCCC1)C(=O)N1CCOCC1. The summed E-state index contributed by atoms with van der Waals surface area (Å²) in [5.41, 5.74) is 0. The normalized spacial score (nSPS) is 22.1. The fraction of sp³-hybridized carbons (Fsp3) is 0.857. The van der Waals surface area contributed by atoms with Crippen LogP contribution in [0.3, 0.4) is 0 Å². The first-order chi connectivity index (χ1) is 9.66. The summed E-state index contributed by atoms with van der Waals surface area (Å²) in [5, 5.41) is 7.05. The average Bonchev–Trinajstić information content (AvgIpc) is 2.48. The molecule has 6 heteroatoms. The molecular formula is C14H25N3O2S. The van der Waals surface area contributed by atoms with Crippen molar-refractivity contribution in [3.63, 3.8) is 0 Å². The van der Waals surface area contributed by atoms with Crippen LogP contribution >= 0.6 is 12.2 Å². The maximum absolute atomic E-state index is 12.2. The minimum Gasteiger partial charge on any atom is -0.378 e. The lowest BCUT2D eigenvalue weighted by Gasteiger charge is -2.30. The molecule has 0 spiro atoms. The monoisotopic (exact) mass is 299 g/mol. The summed E-state index contributed by atoms with van der Waals surface area (Å²) in [6.07, 6.45) is 6.20. The number of morpholine rings is 1. The minimum absolute atomic E-state index is 0.0982. The molecule has 0 aromatic carbocycles. The molecule has 2 rings (SSSR count). The first-order valence-electron chi connectivity index (χ1n) is 7.60. The van der Waals surface area contributed by atoms with Crippen LogP contribution in [0.5, 0.6) is 0 Å². The molecule has 2 N–H and O–H groups in total. The number of amides is 1. The van der Waals surface area contributed by atoms with Crippen LogP contribution in [0.25, 0.3) is 0 Å². The van der Waals surface area contributed by atoms with Gasteiger partial charge in [-0.05, 0) is 32.0 Å². The Bertz CT molecular complexity index is 339. The summed E-state index contributed by atoms with van der Waals surface area (Å²) >= 11 is 5.31. The van der Waals surface area contributed by atoms with Crippen LogP contribution in [0.15, 0.2) is 0 Å². The van der Waals surface area contributed by atoms with Crippen LogP contribution in [0.2, 0.25) is 0 Å². The van der Waals surface area contributed by atoms with E-state index in [0.29, 0.717) is 37.5 Å². The molecule has 1 saturated carbocycles. The molecule has 0 aromatic rings. The topological polar surface area (TPSA) is 53.6 Å². The van der Waals surface area contributed by atoms with E-state index in [0.717, 1.165) is 0 Å². The van der Waals surface area contributed by atoms with Gasteiger partial charge in [0.2, 0.25) is 5.91 Å². The first kappa shape index (κ1) is 15.5. The van der Waals surface area contributed by atoms with Crippen molar-refractivity contribution < 1.29 is 9.53 Å². The zero-order valence-electron chi connectivity index (χ0n) is 12.2. The van der Waals surface area contributed by atoms with E-state index in [9.17, 15) is 4.79 Å². The van der Waals surface area contributed by atoms with Gasteiger partial charge in [0.1, 0.15) is 6.04 Å². The van der Waals surface area contributed by atoms with Crippen molar-refractivity contribution in [2.24, 2.45) is 0 Å². The number of rotatable bonds is 3. The highest BCUT2D eigenvalue weighted by molar-refractivity contribution is 7.80. The van der Waals surface area contributed by atoms with Gasteiger partial charge in [0.15, 0.2) is 5.11 Å². The van der Waals surface area contributed by atoms with Crippen LogP contribution in [-0.4, -0.2) is 54.3 Å². The largest absolute Gasteiger partial charge is 0.378 e. The minimum atomic E-state index is -0.281. The molecule has 0 bridgehead atoms. The Morgan fingerprint density at radius 2 is 1.90 bits per heavy atom. The third-order valence-electron chi connectivity index (χ3n) is 3.98. The van der Waals surface area contributed by atoms with Gasteiger partial charge in [0.25, 0.3) is 0 Å². The van der Waals surface area contributed by atoms with Gasteiger partial charge in [-0.3, -0.25) is 4.79 Å². The van der Waals surface area contributed by atoms with Gasteiger partial charge in [0.05, 0.1) is 13.2 Å². The van der Waals surface area contributed by atoms with Crippen LogP contribution in [0.1, 0.15) is 39.0 Å². The molecule has 2 fully saturated rings. The number of ether oxygens (including phenoxy) is 1. The Morgan fingerprint density at radius 1 is 1.25 bits per heavy atom. The predicted molar refractivity (Wildman–Crippen MR) is 82.6 cm³/mol. The Labute approximate surface area is 126 Å². The van der Waals surface area contributed by atoms with Crippen LogP contribution in [0, 0.1) is 0 Å². The van der Waals surface area contributed by atoms with Gasteiger partial charge >= 0.3 is 0 Å². The zero-order chi connectivity index (χ0) is 14.4. The van der Waals surface area contributed by atoms with E-state index in [1.165, 1.54) is 32.1 Å². The number of hydrogen-bond acceptors (Lipinski definition) is 3. The van der Waals surface area contributed by atoms with Crippen molar-refractivity contribution in [2.75, 3.05) is 26.3 Å². The van der Waals surface area contributed by atoms with Gasteiger partial charge in [-0.1, -0.05) is 19.3 Å². The van der Waals surface area contributed by atoms with E-state index in [1.54, 1.807) is 0 Å². The molecule has 20 heavy (non-hydrogen) atoms. The van der Waals surface area contributed by atoms with Crippen molar-refractivity contribution in [3.8, 4) is 0 Å². The quantitative estimate of drug-likeness (QED) is 0.763.